The number of aryl methyl sites for hydroxylation is 1. The summed E-state index contributed by atoms with van der Waals surface area (Å²) in [6.07, 6.45) is 1.93. The lowest BCUT2D eigenvalue weighted by atomic mass is 10.4. The van der Waals surface area contributed by atoms with Crippen molar-refractivity contribution in [2.24, 2.45) is 0 Å². The molecular formula is C11H16N4S2. The zero-order chi connectivity index (χ0) is 12.3. The van der Waals surface area contributed by atoms with Gasteiger partial charge in [-0.25, -0.2) is 9.97 Å². The molecular weight excluding hydrogens is 252 g/mol. The molecule has 0 aliphatic carbocycles. The lowest BCUT2D eigenvalue weighted by Crippen LogP contribution is -2.16. The number of nitrogens with one attached hydrogen (secondary N) is 1. The van der Waals surface area contributed by atoms with Crippen molar-refractivity contribution in [3.05, 3.63) is 27.2 Å². The van der Waals surface area contributed by atoms with Gasteiger partial charge in [0.25, 0.3) is 0 Å². The molecule has 2 aromatic heterocycles. The second-order valence-electron chi connectivity index (χ2n) is 3.85. The van der Waals surface area contributed by atoms with E-state index in [1.165, 1.54) is 4.88 Å². The summed E-state index contributed by atoms with van der Waals surface area (Å²) in [6, 6.07) is 0. The van der Waals surface area contributed by atoms with Crippen LogP contribution in [0.3, 0.4) is 0 Å². The average molecular weight is 268 g/mol. The summed E-state index contributed by atoms with van der Waals surface area (Å²) in [6.45, 7) is 3.72. The molecule has 92 valence electrons. The number of anilines is 1. The van der Waals surface area contributed by atoms with Gasteiger partial charge in [-0.15, -0.1) is 22.7 Å². The summed E-state index contributed by atoms with van der Waals surface area (Å²) in [4.78, 5) is 12.3. The van der Waals surface area contributed by atoms with Crippen LogP contribution in [-0.2, 0) is 13.1 Å². The fourth-order valence-electron chi connectivity index (χ4n) is 1.52. The van der Waals surface area contributed by atoms with Crippen LogP contribution in [0.25, 0.3) is 0 Å². The van der Waals surface area contributed by atoms with Crippen molar-refractivity contribution in [3.8, 4) is 0 Å². The molecule has 0 aliphatic rings. The molecule has 2 heterocycles. The van der Waals surface area contributed by atoms with Crippen molar-refractivity contribution in [1.29, 1.82) is 0 Å². The summed E-state index contributed by atoms with van der Waals surface area (Å²) >= 11 is 3.41. The van der Waals surface area contributed by atoms with Crippen molar-refractivity contribution in [1.82, 2.24) is 15.3 Å². The standard InChI is InChI=1S/C11H16N4S2/c1-8-14-9(7-16-8)6-15(3)11-13-5-10(17-11)4-12-2/h5,7,12H,4,6H2,1-3H3. The molecule has 2 aromatic rings. The van der Waals surface area contributed by atoms with E-state index in [0.717, 1.165) is 28.9 Å². The minimum absolute atomic E-state index is 0.816. The molecule has 0 saturated carbocycles. The van der Waals surface area contributed by atoms with Gasteiger partial charge in [0.15, 0.2) is 5.13 Å². The molecule has 1 N–H and O–H groups in total. The van der Waals surface area contributed by atoms with Crippen LogP contribution in [0, 0.1) is 6.92 Å². The van der Waals surface area contributed by atoms with Gasteiger partial charge < -0.3 is 10.2 Å². The Hall–Kier alpha value is -0.980. The molecule has 0 bridgehead atoms. The summed E-state index contributed by atoms with van der Waals surface area (Å²) in [7, 11) is 4.00. The summed E-state index contributed by atoms with van der Waals surface area (Å²) in [5.41, 5.74) is 1.11. The predicted octanol–water partition coefficient (Wildman–Crippen LogP) is 2.26. The SMILES string of the molecule is CNCc1cnc(N(C)Cc2csc(C)n2)s1. The van der Waals surface area contributed by atoms with Gasteiger partial charge in [-0.05, 0) is 14.0 Å². The molecule has 0 aromatic carbocycles. The highest BCUT2D eigenvalue weighted by Gasteiger charge is 2.08. The number of hydrogen-bond donors (Lipinski definition) is 1. The first-order valence-electron chi connectivity index (χ1n) is 5.40. The van der Waals surface area contributed by atoms with Gasteiger partial charge in [0, 0.05) is 30.0 Å². The van der Waals surface area contributed by atoms with Gasteiger partial charge in [0.05, 0.1) is 17.2 Å². The second kappa shape index (κ2) is 5.57. The Bertz CT molecular complexity index is 477. The van der Waals surface area contributed by atoms with Crippen LogP contribution in [0.1, 0.15) is 15.6 Å². The fourth-order valence-corrected chi connectivity index (χ4v) is 3.01. The van der Waals surface area contributed by atoms with Gasteiger partial charge in [-0.1, -0.05) is 0 Å². The molecule has 17 heavy (non-hydrogen) atoms. The third-order valence-electron chi connectivity index (χ3n) is 2.28. The number of aromatic nitrogens is 2. The minimum Gasteiger partial charge on any atom is -0.345 e. The Morgan fingerprint density at radius 3 is 2.94 bits per heavy atom. The highest BCUT2D eigenvalue weighted by atomic mass is 32.1. The first-order valence-corrected chi connectivity index (χ1v) is 7.10. The minimum atomic E-state index is 0.816. The number of rotatable bonds is 5. The van der Waals surface area contributed by atoms with Gasteiger partial charge >= 0.3 is 0 Å². The van der Waals surface area contributed by atoms with E-state index in [1.807, 2.05) is 20.2 Å². The van der Waals surface area contributed by atoms with Crippen molar-refractivity contribution in [2.75, 3.05) is 19.0 Å². The molecule has 0 fully saturated rings. The van der Waals surface area contributed by atoms with Crippen LogP contribution in [0.4, 0.5) is 5.13 Å². The lowest BCUT2D eigenvalue weighted by Gasteiger charge is -2.13. The number of hydrogen-bond acceptors (Lipinski definition) is 6. The fraction of sp³-hybridized carbons (Fsp3) is 0.455. The van der Waals surface area contributed by atoms with Gasteiger partial charge in [-0.2, -0.15) is 0 Å². The predicted molar refractivity (Wildman–Crippen MR) is 73.8 cm³/mol. The van der Waals surface area contributed by atoms with E-state index >= 15 is 0 Å². The largest absolute Gasteiger partial charge is 0.345 e. The van der Waals surface area contributed by atoms with Crippen LogP contribution < -0.4 is 10.2 Å². The third kappa shape index (κ3) is 3.24. The highest BCUT2D eigenvalue weighted by molar-refractivity contribution is 7.15. The van der Waals surface area contributed by atoms with Crippen LogP contribution in [-0.4, -0.2) is 24.1 Å². The van der Waals surface area contributed by atoms with Crippen LogP contribution in [0.5, 0.6) is 0 Å². The van der Waals surface area contributed by atoms with Gasteiger partial charge in [0.2, 0.25) is 0 Å². The molecule has 4 nitrogen and oxygen atoms in total. The average Bonchev–Trinajstić information content (AvgIpc) is 2.88. The monoisotopic (exact) mass is 268 g/mol. The Labute approximate surface area is 109 Å². The van der Waals surface area contributed by atoms with E-state index < -0.39 is 0 Å². The molecule has 0 aliphatic heterocycles. The van der Waals surface area contributed by atoms with Crippen molar-refractivity contribution >= 4 is 27.8 Å². The zero-order valence-corrected chi connectivity index (χ0v) is 11.9. The molecule has 0 saturated heterocycles. The maximum atomic E-state index is 4.46. The molecule has 0 radical (unpaired) electrons. The van der Waals surface area contributed by atoms with E-state index in [0.29, 0.717) is 0 Å². The molecule has 0 spiro atoms. The first-order chi connectivity index (χ1) is 8.19. The summed E-state index contributed by atoms with van der Waals surface area (Å²) < 4.78 is 0. The van der Waals surface area contributed by atoms with Crippen LogP contribution in [0.2, 0.25) is 0 Å². The first kappa shape index (κ1) is 12.5. The van der Waals surface area contributed by atoms with Crippen molar-refractivity contribution in [3.63, 3.8) is 0 Å². The van der Waals surface area contributed by atoms with Crippen LogP contribution in [0.15, 0.2) is 11.6 Å². The third-order valence-corrected chi connectivity index (χ3v) is 4.22. The van der Waals surface area contributed by atoms with Crippen molar-refractivity contribution in [2.45, 2.75) is 20.0 Å². The molecule has 2 rings (SSSR count). The maximum absolute atomic E-state index is 4.46. The Balaban J connectivity index is 2.01. The smallest absolute Gasteiger partial charge is 0.185 e. The highest BCUT2D eigenvalue weighted by Crippen LogP contribution is 2.23. The Morgan fingerprint density at radius 1 is 1.47 bits per heavy atom. The topological polar surface area (TPSA) is 41.1 Å². The van der Waals surface area contributed by atoms with E-state index in [1.54, 1.807) is 22.7 Å². The summed E-state index contributed by atoms with van der Waals surface area (Å²) in [5, 5.41) is 7.39. The van der Waals surface area contributed by atoms with E-state index in [9.17, 15) is 0 Å². The number of thiazole rings is 2. The van der Waals surface area contributed by atoms with E-state index in [2.05, 4.69) is 32.6 Å². The Kier molecular flexibility index (Phi) is 4.09. The second-order valence-corrected chi connectivity index (χ2v) is 6.01. The van der Waals surface area contributed by atoms with Gasteiger partial charge in [-0.3, -0.25) is 0 Å². The molecule has 0 unspecified atom stereocenters. The zero-order valence-electron chi connectivity index (χ0n) is 10.2. The van der Waals surface area contributed by atoms with Crippen molar-refractivity contribution < 1.29 is 0 Å². The number of nitrogens with zero attached hydrogens (tertiary/aromatic N) is 3. The Morgan fingerprint density at radius 2 is 2.29 bits per heavy atom. The lowest BCUT2D eigenvalue weighted by molar-refractivity contribution is 0.829. The molecule has 0 amide bonds. The molecule has 0 atom stereocenters. The quantitative estimate of drug-likeness (QED) is 0.903. The van der Waals surface area contributed by atoms with Gasteiger partial charge in [0.1, 0.15) is 0 Å². The van der Waals surface area contributed by atoms with E-state index in [4.69, 9.17) is 0 Å². The summed E-state index contributed by atoms with van der Waals surface area (Å²) in [5.74, 6) is 0. The van der Waals surface area contributed by atoms with Crippen LogP contribution >= 0.6 is 22.7 Å². The van der Waals surface area contributed by atoms with E-state index in [-0.39, 0.29) is 0 Å². The molecule has 6 heteroatoms. The maximum Gasteiger partial charge on any atom is 0.185 e. The normalized spacial score (nSPS) is 10.8.